The van der Waals surface area contributed by atoms with Crippen molar-refractivity contribution < 1.29 is 33.3 Å². The summed E-state index contributed by atoms with van der Waals surface area (Å²) in [5.41, 5.74) is 4.09. The number of carbonyl (C=O) groups excluding carboxylic acids is 2. The zero-order valence-corrected chi connectivity index (χ0v) is 24.4. The second kappa shape index (κ2) is 10.9. The third-order valence-corrected chi connectivity index (χ3v) is 8.39. The van der Waals surface area contributed by atoms with Gasteiger partial charge in [0.2, 0.25) is 0 Å². The molecular weight excluding hydrogens is 548 g/mol. The minimum absolute atomic E-state index is 0.0980. The van der Waals surface area contributed by atoms with Crippen molar-refractivity contribution in [2.75, 3.05) is 19.8 Å². The van der Waals surface area contributed by atoms with Crippen molar-refractivity contribution in [3.63, 3.8) is 0 Å². The molecule has 3 aromatic rings. The number of aromatic nitrogens is 2. The van der Waals surface area contributed by atoms with Gasteiger partial charge in [-0.05, 0) is 24.5 Å². The standard InChI is InChI=1S/C31H35ClN2O7/c1-16(2)29(35)39-15-31(9-10-31)19-7-5-18(6-8-19)26-20(32)11-21-22(34-26)12-25(33-21)40-23-13-37-28-24(14-38-27(23)28)41-30(36)17(3)4/h5-8,11-12,16-17,23-24,27-28,33H,9-10,13-15H2,1-4H3/t23-,24-,27-,28?/m1/s1. The number of hydrogen-bond donors (Lipinski definition) is 1. The molecule has 1 saturated carbocycles. The second-order valence-electron chi connectivity index (χ2n) is 11.9. The molecule has 2 aliphatic heterocycles. The number of fused-ring (bicyclic) bond motifs is 2. The number of ether oxygens (including phenoxy) is 5. The predicted molar refractivity (Wildman–Crippen MR) is 152 cm³/mol. The Bertz CT molecular complexity index is 1450. The highest BCUT2D eigenvalue weighted by Crippen LogP contribution is 2.49. The molecule has 1 unspecified atom stereocenters. The molecule has 2 aromatic heterocycles. The number of H-pyrrole nitrogens is 1. The van der Waals surface area contributed by atoms with E-state index >= 15 is 0 Å². The van der Waals surface area contributed by atoms with Gasteiger partial charge in [-0.25, -0.2) is 4.98 Å². The lowest BCUT2D eigenvalue weighted by atomic mass is 9.95. The largest absolute Gasteiger partial charge is 0.470 e. The van der Waals surface area contributed by atoms with Crippen LogP contribution in [0.25, 0.3) is 22.3 Å². The summed E-state index contributed by atoms with van der Waals surface area (Å²) in [6, 6.07) is 11.9. The van der Waals surface area contributed by atoms with Gasteiger partial charge in [0.05, 0.1) is 46.8 Å². The second-order valence-corrected chi connectivity index (χ2v) is 12.3. The van der Waals surface area contributed by atoms with Crippen LogP contribution in [-0.4, -0.2) is 66.1 Å². The van der Waals surface area contributed by atoms with E-state index in [2.05, 4.69) is 17.1 Å². The molecule has 1 aliphatic carbocycles. The fourth-order valence-electron chi connectivity index (χ4n) is 5.38. The van der Waals surface area contributed by atoms with Gasteiger partial charge in [0.15, 0.2) is 18.1 Å². The fraction of sp³-hybridized carbons (Fsp3) is 0.516. The van der Waals surface area contributed by atoms with Gasteiger partial charge in [-0.1, -0.05) is 63.6 Å². The number of nitrogens with zero attached hydrogens (tertiary/aromatic N) is 1. The number of halogens is 1. The number of carbonyl (C=O) groups is 2. The summed E-state index contributed by atoms with van der Waals surface area (Å²) in [4.78, 5) is 32.1. The molecule has 1 N–H and O–H groups in total. The van der Waals surface area contributed by atoms with Crippen molar-refractivity contribution in [1.82, 2.24) is 9.97 Å². The first kappa shape index (κ1) is 28.0. The van der Waals surface area contributed by atoms with Crippen LogP contribution in [0.4, 0.5) is 0 Å². The van der Waals surface area contributed by atoms with Gasteiger partial charge in [0.1, 0.15) is 18.8 Å². The van der Waals surface area contributed by atoms with E-state index in [1.54, 1.807) is 13.8 Å². The van der Waals surface area contributed by atoms with Crippen molar-refractivity contribution >= 4 is 34.6 Å². The number of pyridine rings is 1. The average Bonchev–Trinajstić information content (AvgIpc) is 3.25. The van der Waals surface area contributed by atoms with Crippen molar-refractivity contribution in [2.24, 2.45) is 11.8 Å². The molecule has 10 heteroatoms. The van der Waals surface area contributed by atoms with Crippen LogP contribution < -0.4 is 4.74 Å². The number of aromatic amines is 1. The molecule has 6 rings (SSSR count). The van der Waals surface area contributed by atoms with E-state index in [4.69, 9.17) is 40.3 Å². The zero-order valence-electron chi connectivity index (χ0n) is 23.6. The van der Waals surface area contributed by atoms with Crippen LogP contribution in [0.3, 0.4) is 0 Å². The van der Waals surface area contributed by atoms with Gasteiger partial charge < -0.3 is 28.7 Å². The van der Waals surface area contributed by atoms with Gasteiger partial charge in [-0.15, -0.1) is 0 Å². The average molecular weight is 583 g/mol. The Balaban J connectivity index is 1.14. The van der Waals surface area contributed by atoms with Crippen molar-refractivity contribution in [2.45, 2.75) is 70.4 Å². The maximum atomic E-state index is 12.0. The summed E-state index contributed by atoms with van der Waals surface area (Å²) in [7, 11) is 0. The molecular formula is C31H35ClN2O7. The van der Waals surface area contributed by atoms with Gasteiger partial charge in [0.25, 0.3) is 0 Å². The van der Waals surface area contributed by atoms with Crippen LogP contribution >= 0.6 is 11.6 Å². The van der Waals surface area contributed by atoms with Crippen LogP contribution in [0.1, 0.15) is 46.1 Å². The molecule has 4 heterocycles. The molecule has 0 spiro atoms. The minimum atomic E-state index is -0.439. The normalized spacial score (nSPS) is 24.6. The van der Waals surface area contributed by atoms with E-state index in [1.807, 2.05) is 38.1 Å². The Hall–Kier alpha value is -3.14. The summed E-state index contributed by atoms with van der Waals surface area (Å²) in [6.07, 6.45) is 0.513. The number of nitrogens with one attached hydrogen (secondary N) is 1. The summed E-state index contributed by atoms with van der Waals surface area (Å²) in [6.45, 7) is 8.29. The molecule has 0 amide bonds. The lowest BCUT2D eigenvalue weighted by Gasteiger charge is -2.18. The molecule has 3 fully saturated rings. The number of hydrogen-bond acceptors (Lipinski definition) is 8. The van der Waals surface area contributed by atoms with E-state index in [0.29, 0.717) is 35.3 Å². The van der Waals surface area contributed by atoms with E-state index < -0.39 is 6.10 Å². The van der Waals surface area contributed by atoms with Gasteiger partial charge >= 0.3 is 11.9 Å². The maximum Gasteiger partial charge on any atom is 0.308 e. The molecule has 2 saturated heterocycles. The molecule has 218 valence electrons. The van der Waals surface area contributed by atoms with E-state index in [1.165, 1.54) is 0 Å². The summed E-state index contributed by atoms with van der Waals surface area (Å²) < 4.78 is 29.1. The van der Waals surface area contributed by atoms with Crippen molar-refractivity contribution in [3.8, 4) is 17.1 Å². The van der Waals surface area contributed by atoms with Crippen molar-refractivity contribution in [1.29, 1.82) is 0 Å². The van der Waals surface area contributed by atoms with Crippen LogP contribution in [0.5, 0.6) is 5.88 Å². The smallest absolute Gasteiger partial charge is 0.308 e. The topological polar surface area (TPSA) is 109 Å². The Morgan fingerprint density at radius 3 is 2.32 bits per heavy atom. The summed E-state index contributed by atoms with van der Waals surface area (Å²) >= 11 is 6.66. The summed E-state index contributed by atoms with van der Waals surface area (Å²) in [5, 5.41) is 0.517. The lowest BCUT2D eigenvalue weighted by molar-refractivity contribution is -0.157. The third kappa shape index (κ3) is 5.55. The van der Waals surface area contributed by atoms with Gasteiger partial charge in [0, 0.05) is 17.0 Å². The van der Waals surface area contributed by atoms with E-state index in [-0.39, 0.29) is 54.1 Å². The highest BCUT2D eigenvalue weighted by Gasteiger charge is 2.51. The Morgan fingerprint density at radius 2 is 1.66 bits per heavy atom. The number of rotatable bonds is 9. The maximum absolute atomic E-state index is 12.0. The lowest BCUT2D eigenvalue weighted by Crippen LogP contribution is -2.36. The SMILES string of the molecule is CC(C)C(=O)OCC1(c2ccc(-c3nc4cc(O[C@@H]5COC6[C@H](OC(=O)C(C)C)CO[C@@H]65)[nH]c4cc3Cl)cc2)CC1. The highest BCUT2D eigenvalue weighted by molar-refractivity contribution is 6.33. The van der Waals surface area contributed by atoms with E-state index in [0.717, 1.165) is 29.5 Å². The highest BCUT2D eigenvalue weighted by atomic mass is 35.5. The molecule has 9 nitrogen and oxygen atoms in total. The first-order chi connectivity index (χ1) is 19.6. The van der Waals surface area contributed by atoms with Gasteiger partial charge in [-0.2, -0.15) is 0 Å². The van der Waals surface area contributed by atoms with Crippen molar-refractivity contribution in [3.05, 3.63) is 47.0 Å². The Labute approximate surface area is 243 Å². The monoisotopic (exact) mass is 582 g/mol. The predicted octanol–water partition coefficient (Wildman–Crippen LogP) is 5.23. The molecule has 4 atom stereocenters. The number of benzene rings is 1. The third-order valence-electron chi connectivity index (χ3n) is 8.10. The fourth-order valence-corrected chi connectivity index (χ4v) is 5.64. The number of esters is 2. The van der Waals surface area contributed by atoms with Crippen LogP contribution in [-0.2, 0) is 34.0 Å². The first-order valence-corrected chi connectivity index (χ1v) is 14.6. The Kier molecular flexibility index (Phi) is 7.46. The quantitative estimate of drug-likeness (QED) is 0.342. The van der Waals surface area contributed by atoms with Crippen LogP contribution in [0.2, 0.25) is 5.02 Å². The molecule has 1 aromatic carbocycles. The minimum Gasteiger partial charge on any atom is -0.470 e. The van der Waals surface area contributed by atoms with E-state index in [9.17, 15) is 9.59 Å². The molecule has 41 heavy (non-hydrogen) atoms. The molecule has 0 bridgehead atoms. The summed E-state index contributed by atoms with van der Waals surface area (Å²) in [5.74, 6) is -0.256. The first-order valence-electron chi connectivity index (χ1n) is 14.2. The van der Waals surface area contributed by atoms with Crippen LogP contribution in [0, 0.1) is 11.8 Å². The van der Waals surface area contributed by atoms with Crippen LogP contribution in [0.15, 0.2) is 36.4 Å². The molecule has 3 aliphatic rings. The molecule has 0 radical (unpaired) electrons. The van der Waals surface area contributed by atoms with Gasteiger partial charge in [-0.3, -0.25) is 9.59 Å². The Morgan fingerprint density at radius 1 is 1.00 bits per heavy atom. The zero-order chi connectivity index (χ0) is 28.9.